The number of aryl methyl sites for hydroxylation is 1. The smallest absolute Gasteiger partial charge is 0.164 e. The molecule has 0 spiro atoms. The number of hydrogen-bond acceptors (Lipinski definition) is 4. The first kappa shape index (κ1) is 14.1. The first-order valence-electron chi connectivity index (χ1n) is 6.32. The molecule has 0 aliphatic rings. The zero-order chi connectivity index (χ0) is 14.7. The molecule has 0 unspecified atom stereocenters. The first-order chi connectivity index (χ1) is 9.56. The highest BCUT2D eigenvalue weighted by Crippen LogP contribution is 2.39. The topological polar surface area (TPSA) is 53.7 Å². The highest BCUT2D eigenvalue weighted by Gasteiger charge is 2.12. The summed E-state index contributed by atoms with van der Waals surface area (Å²) in [5.41, 5.74) is 8.75. The lowest BCUT2D eigenvalue weighted by Crippen LogP contribution is -1.98. The van der Waals surface area contributed by atoms with E-state index in [2.05, 4.69) is 0 Å². The minimum absolute atomic E-state index is 0.503. The number of ether oxygens (including phenoxy) is 3. The Morgan fingerprint density at radius 2 is 1.50 bits per heavy atom. The summed E-state index contributed by atoms with van der Waals surface area (Å²) in [7, 11) is 3.15. The summed E-state index contributed by atoms with van der Waals surface area (Å²) in [6.07, 6.45) is 0. The van der Waals surface area contributed by atoms with Gasteiger partial charge in [0.05, 0.1) is 19.9 Å². The van der Waals surface area contributed by atoms with Crippen LogP contribution in [0.25, 0.3) is 0 Å². The Kier molecular flexibility index (Phi) is 4.03. The van der Waals surface area contributed by atoms with Gasteiger partial charge < -0.3 is 19.9 Å². The predicted molar refractivity (Wildman–Crippen MR) is 79.9 cm³/mol. The van der Waals surface area contributed by atoms with Gasteiger partial charge in [0.15, 0.2) is 17.2 Å². The Hall–Kier alpha value is -2.36. The molecule has 0 saturated heterocycles. The summed E-state index contributed by atoms with van der Waals surface area (Å²) in [5.74, 6) is 2.50. The van der Waals surface area contributed by atoms with Crippen LogP contribution in [0.3, 0.4) is 0 Å². The molecule has 0 bridgehead atoms. The molecule has 0 fully saturated rings. The first-order valence-corrected chi connectivity index (χ1v) is 6.32. The third kappa shape index (κ3) is 2.64. The van der Waals surface area contributed by atoms with Crippen molar-refractivity contribution < 1.29 is 14.2 Å². The standard InChI is InChI=1S/C16H19NO3/c1-10-6-5-7-13(11(10)2)20-14-9-16(19-4)15(18-3)8-12(14)17/h5-9H,17H2,1-4H3. The molecule has 4 nitrogen and oxygen atoms in total. The SMILES string of the molecule is COc1cc(N)c(Oc2cccc(C)c2C)cc1OC. The van der Waals surface area contributed by atoms with Crippen LogP contribution in [0.4, 0.5) is 5.69 Å². The van der Waals surface area contributed by atoms with E-state index in [1.54, 1.807) is 26.4 Å². The van der Waals surface area contributed by atoms with E-state index in [4.69, 9.17) is 19.9 Å². The molecule has 0 amide bonds. The van der Waals surface area contributed by atoms with Gasteiger partial charge in [0, 0.05) is 12.1 Å². The van der Waals surface area contributed by atoms with Crippen molar-refractivity contribution in [3.63, 3.8) is 0 Å². The minimum atomic E-state index is 0.503. The number of rotatable bonds is 4. The van der Waals surface area contributed by atoms with Crippen LogP contribution in [0.2, 0.25) is 0 Å². The van der Waals surface area contributed by atoms with Gasteiger partial charge in [-0.1, -0.05) is 12.1 Å². The highest BCUT2D eigenvalue weighted by atomic mass is 16.5. The molecule has 0 aromatic heterocycles. The van der Waals surface area contributed by atoms with Crippen LogP contribution in [0.1, 0.15) is 11.1 Å². The van der Waals surface area contributed by atoms with Crippen molar-refractivity contribution in [1.82, 2.24) is 0 Å². The molecule has 0 aliphatic heterocycles. The van der Waals surface area contributed by atoms with Crippen molar-refractivity contribution in [2.24, 2.45) is 0 Å². The largest absolute Gasteiger partial charge is 0.493 e. The van der Waals surface area contributed by atoms with E-state index in [9.17, 15) is 0 Å². The van der Waals surface area contributed by atoms with Gasteiger partial charge in [0.25, 0.3) is 0 Å². The molecule has 2 N–H and O–H groups in total. The van der Waals surface area contributed by atoms with Crippen LogP contribution in [0.5, 0.6) is 23.0 Å². The Bertz CT molecular complexity index is 623. The fourth-order valence-electron chi connectivity index (χ4n) is 1.92. The number of benzene rings is 2. The third-order valence-corrected chi connectivity index (χ3v) is 3.29. The van der Waals surface area contributed by atoms with Gasteiger partial charge in [-0.2, -0.15) is 0 Å². The predicted octanol–water partition coefficient (Wildman–Crippen LogP) is 3.70. The Morgan fingerprint density at radius 1 is 0.850 bits per heavy atom. The van der Waals surface area contributed by atoms with Crippen LogP contribution in [-0.2, 0) is 0 Å². The molecule has 2 rings (SSSR count). The van der Waals surface area contributed by atoms with E-state index in [1.165, 1.54) is 5.56 Å². The van der Waals surface area contributed by atoms with Gasteiger partial charge in [-0.25, -0.2) is 0 Å². The summed E-state index contributed by atoms with van der Waals surface area (Å²) in [5, 5.41) is 0. The maximum Gasteiger partial charge on any atom is 0.164 e. The fourth-order valence-corrected chi connectivity index (χ4v) is 1.92. The van der Waals surface area contributed by atoms with Crippen LogP contribution >= 0.6 is 0 Å². The molecule has 0 heterocycles. The van der Waals surface area contributed by atoms with Crippen molar-refractivity contribution in [2.75, 3.05) is 20.0 Å². The molecule has 0 atom stereocenters. The van der Waals surface area contributed by atoms with Crippen LogP contribution in [0.15, 0.2) is 30.3 Å². The average Bonchev–Trinajstić information content (AvgIpc) is 2.45. The molecule has 0 aliphatic carbocycles. The normalized spacial score (nSPS) is 10.2. The Morgan fingerprint density at radius 3 is 2.15 bits per heavy atom. The molecule has 2 aromatic carbocycles. The molecule has 0 saturated carbocycles. The second-order valence-electron chi connectivity index (χ2n) is 4.55. The second kappa shape index (κ2) is 5.74. The van der Waals surface area contributed by atoms with E-state index in [0.29, 0.717) is 22.9 Å². The maximum absolute atomic E-state index is 6.00. The lowest BCUT2D eigenvalue weighted by molar-refractivity contribution is 0.352. The van der Waals surface area contributed by atoms with Crippen LogP contribution in [0, 0.1) is 13.8 Å². The lowest BCUT2D eigenvalue weighted by atomic mass is 10.1. The Balaban J connectivity index is 2.41. The highest BCUT2D eigenvalue weighted by molar-refractivity contribution is 5.63. The van der Waals surface area contributed by atoms with E-state index in [1.807, 2.05) is 32.0 Å². The van der Waals surface area contributed by atoms with Crippen LogP contribution < -0.4 is 19.9 Å². The number of nitrogens with two attached hydrogens (primary N) is 1. The van der Waals surface area contributed by atoms with Gasteiger partial charge in [-0.05, 0) is 31.0 Å². The second-order valence-corrected chi connectivity index (χ2v) is 4.55. The summed E-state index contributed by atoms with van der Waals surface area (Å²) >= 11 is 0. The number of methoxy groups -OCH3 is 2. The monoisotopic (exact) mass is 273 g/mol. The lowest BCUT2D eigenvalue weighted by Gasteiger charge is -2.15. The molecule has 2 aromatic rings. The summed E-state index contributed by atoms with van der Waals surface area (Å²) in [4.78, 5) is 0. The molecule has 4 heteroatoms. The third-order valence-electron chi connectivity index (χ3n) is 3.29. The summed E-state index contributed by atoms with van der Waals surface area (Å²) in [6.45, 7) is 4.06. The number of hydrogen-bond donors (Lipinski definition) is 1. The zero-order valence-corrected chi connectivity index (χ0v) is 12.2. The zero-order valence-electron chi connectivity index (χ0n) is 12.2. The van der Waals surface area contributed by atoms with Gasteiger partial charge in [0.1, 0.15) is 5.75 Å². The van der Waals surface area contributed by atoms with Crippen molar-refractivity contribution in [1.29, 1.82) is 0 Å². The Labute approximate surface area is 119 Å². The van der Waals surface area contributed by atoms with Crippen molar-refractivity contribution in [2.45, 2.75) is 13.8 Å². The van der Waals surface area contributed by atoms with Gasteiger partial charge >= 0.3 is 0 Å². The fraction of sp³-hybridized carbons (Fsp3) is 0.250. The maximum atomic E-state index is 6.00. The van der Waals surface area contributed by atoms with Crippen molar-refractivity contribution in [3.05, 3.63) is 41.5 Å². The van der Waals surface area contributed by atoms with Crippen LogP contribution in [-0.4, -0.2) is 14.2 Å². The van der Waals surface area contributed by atoms with Crippen molar-refractivity contribution in [3.8, 4) is 23.0 Å². The van der Waals surface area contributed by atoms with Crippen molar-refractivity contribution >= 4 is 5.69 Å². The summed E-state index contributed by atoms with van der Waals surface area (Å²) < 4.78 is 16.4. The molecular formula is C16H19NO3. The van der Waals surface area contributed by atoms with Gasteiger partial charge in [-0.3, -0.25) is 0 Å². The van der Waals surface area contributed by atoms with E-state index in [0.717, 1.165) is 11.3 Å². The molecule has 0 radical (unpaired) electrons. The number of anilines is 1. The van der Waals surface area contributed by atoms with E-state index < -0.39 is 0 Å². The van der Waals surface area contributed by atoms with Gasteiger partial charge in [0.2, 0.25) is 0 Å². The number of nitrogen functional groups attached to an aromatic ring is 1. The quantitative estimate of drug-likeness (QED) is 0.863. The average molecular weight is 273 g/mol. The van der Waals surface area contributed by atoms with E-state index >= 15 is 0 Å². The molecular weight excluding hydrogens is 254 g/mol. The van der Waals surface area contributed by atoms with Gasteiger partial charge in [-0.15, -0.1) is 0 Å². The summed E-state index contributed by atoms with van der Waals surface area (Å²) in [6, 6.07) is 9.34. The minimum Gasteiger partial charge on any atom is -0.493 e. The van der Waals surface area contributed by atoms with E-state index in [-0.39, 0.29) is 0 Å². The molecule has 106 valence electrons. The molecule has 20 heavy (non-hydrogen) atoms.